The maximum atomic E-state index is 10.9. The third-order valence-electron chi connectivity index (χ3n) is 2.81. The molecule has 0 amide bonds. The minimum Gasteiger partial charge on any atom is -0.507 e. The molecule has 0 heterocycles. The molecule has 6 nitrogen and oxygen atoms in total. The number of aromatic hydroxyl groups is 3. The van der Waals surface area contributed by atoms with Crippen LogP contribution in [0.1, 0.15) is 15.9 Å². The zero-order valence-electron chi connectivity index (χ0n) is 10.4. The van der Waals surface area contributed by atoms with Gasteiger partial charge in [0.15, 0.2) is 11.5 Å². The number of phenols is 3. The lowest BCUT2D eigenvalue weighted by molar-refractivity contribution is 0.0694. The molecule has 0 unspecified atom stereocenters. The summed E-state index contributed by atoms with van der Waals surface area (Å²) in [6, 6.07) is 8.65. The lowest BCUT2D eigenvalue weighted by Crippen LogP contribution is -2.02. The van der Waals surface area contributed by atoms with Crippen molar-refractivity contribution in [3.8, 4) is 17.2 Å². The van der Waals surface area contributed by atoms with Crippen molar-refractivity contribution in [1.29, 1.82) is 0 Å². The highest BCUT2D eigenvalue weighted by Crippen LogP contribution is 2.29. The van der Waals surface area contributed by atoms with Gasteiger partial charge in [-0.25, -0.2) is 4.79 Å². The van der Waals surface area contributed by atoms with Gasteiger partial charge < -0.3 is 25.7 Å². The molecular weight excluding hydrogens is 262 g/mol. The molecule has 0 bridgehead atoms. The molecule has 6 heteroatoms. The van der Waals surface area contributed by atoms with E-state index < -0.39 is 5.97 Å². The Morgan fingerprint density at radius 3 is 2.50 bits per heavy atom. The largest absolute Gasteiger partial charge is 0.507 e. The van der Waals surface area contributed by atoms with Gasteiger partial charge >= 0.3 is 5.97 Å². The molecule has 0 radical (unpaired) electrons. The van der Waals surface area contributed by atoms with Crippen LogP contribution < -0.4 is 5.32 Å². The molecule has 0 spiro atoms. The number of carboxylic acids is 1. The first-order valence-electron chi connectivity index (χ1n) is 5.79. The van der Waals surface area contributed by atoms with Crippen molar-refractivity contribution < 1.29 is 25.2 Å². The Morgan fingerprint density at radius 2 is 1.80 bits per heavy atom. The van der Waals surface area contributed by atoms with Gasteiger partial charge in [-0.05, 0) is 24.3 Å². The van der Waals surface area contributed by atoms with Gasteiger partial charge in [0.25, 0.3) is 0 Å². The van der Waals surface area contributed by atoms with Gasteiger partial charge in [0, 0.05) is 17.8 Å². The van der Waals surface area contributed by atoms with Crippen LogP contribution in [0.4, 0.5) is 5.69 Å². The average Bonchev–Trinajstić information content (AvgIpc) is 2.41. The van der Waals surface area contributed by atoms with E-state index in [0.29, 0.717) is 11.3 Å². The van der Waals surface area contributed by atoms with E-state index in [0.717, 1.165) is 0 Å². The van der Waals surface area contributed by atoms with Crippen molar-refractivity contribution >= 4 is 11.7 Å². The first-order chi connectivity index (χ1) is 9.49. The van der Waals surface area contributed by atoms with Crippen LogP contribution in [0.5, 0.6) is 17.2 Å². The highest BCUT2D eigenvalue weighted by Gasteiger charge is 2.11. The summed E-state index contributed by atoms with van der Waals surface area (Å²) in [6.45, 7) is 0.198. The summed E-state index contributed by atoms with van der Waals surface area (Å²) in [7, 11) is 0. The highest BCUT2D eigenvalue weighted by molar-refractivity contribution is 5.92. The fraction of sp³-hybridized carbons (Fsp3) is 0.0714. The first kappa shape index (κ1) is 13.5. The molecule has 20 heavy (non-hydrogen) atoms. The number of anilines is 1. The molecule has 0 saturated heterocycles. The van der Waals surface area contributed by atoms with Crippen molar-refractivity contribution in [3.05, 3.63) is 47.5 Å². The Balaban J connectivity index is 2.17. The monoisotopic (exact) mass is 275 g/mol. The fourth-order valence-corrected chi connectivity index (χ4v) is 1.74. The molecule has 0 aliphatic carbocycles. The summed E-state index contributed by atoms with van der Waals surface area (Å²) >= 11 is 0. The summed E-state index contributed by atoms with van der Waals surface area (Å²) in [4.78, 5) is 10.9. The standard InChI is InChI=1S/C14H13NO5/c16-11-5-4-9(6-10(11)14(19)20)15-7-8-2-1-3-12(17)13(8)18/h1-6,15-18H,7H2,(H,19,20). The number of carbonyl (C=O) groups is 1. The van der Waals surface area contributed by atoms with Crippen LogP contribution in [0.3, 0.4) is 0 Å². The van der Waals surface area contributed by atoms with E-state index in [4.69, 9.17) is 5.11 Å². The number of rotatable bonds is 4. The topological polar surface area (TPSA) is 110 Å². The zero-order valence-corrected chi connectivity index (χ0v) is 10.4. The number of hydrogen-bond acceptors (Lipinski definition) is 5. The molecule has 0 aliphatic heterocycles. The Bertz CT molecular complexity index is 654. The van der Waals surface area contributed by atoms with Crippen LogP contribution in [0, 0.1) is 0 Å². The van der Waals surface area contributed by atoms with Crippen molar-refractivity contribution in [1.82, 2.24) is 0 Å². The zero-order chi connectivity index (χ0) is 14.7. The molecule has 2 rings (SSSR count). The van der Waals surface area contributed by atoms with E-state index in [2.05, 4.69) is 5.32 Å². The molecule has 5 N–H and O–H groups in total. The molecule has 0 aliphatic rings. The molecule has 0 aromatic heterocycles. The maximum Gasteiger partial charge on any atom is 0.339 e. The van der Waals surface area contributed by atoms with Gasteiger partial charge in [-0.15, -0.1) is 0 Å². The van der Waals surface area contributed by atoms with E-state index in [1.165, 1.54) is 24.3 Å². The maximum absolute atomic E-state index is 10.9. The third-order valence-corrected chi connectivity index (χ3v) is 2.81. The number of phenolic OH excluding ortho intramolecular Hbond substituents is 2. The normalized spacial score (nSPS) is 10.2. The van der Waals surface area contributed by atoms with Gasteiger partial charge in [-0.2, -0.15) is 0 Å². The molecule has 2 aromatic rings. The van der Waals surface area contributed by atoms with Crippen LogP contribution in [0.2, 0.25) is 0 Å². The van der Waals surface area contributed by atoms with Crippen LogP contribution in [-0.4, -0.2) is 26.4 Å². The molecule has 0 fully saturated rings. The van der Waals surface area contributed by atoms with Gasteiger partial charge in [0.2, 0.25) is 0 Å². The Kier molecular flexibility index (Phi) is 3.65. The van der Waals surface area contributed by atoms with Crippen LogP contribution in [0.15, 0.2) is 36.4 Å². The summed E-state index contributed by atoms with van der Waals surface area (Å²) < 4.78 is 0. The van der Waals surface area contributed by atoms with Crippen LogP contribution in [0.25, 0.3) is 0 Å². The molecular formula is C14H13NO5. The van der Waals surface area contributed by atoms with Gasteiger partial charge in [0.05, 0.1) is 0 Å². The lowest BCUT2D eigenvalue weighted by Gasteiger charge is -2.10. The van der Waals surface area contributed by atoms with E-state index in [9.17, 15) is 20.1 Å². The number of para-hydroxylation sites is 1. The van der Waals surface area contributed by atoms with Crippen LogP contribution in [-0.2, 0) is 6.54 Å². The summed E-state index contributed by atoms with van der Waals surface area (Å²) in [5.41, 5.74) is 0.730. The smallest absolute Gasteiger partial charge is 0.339 e. The van der Waals surface area contributed by atoms with Crippen molar-refractivity contribution in [2.75, 3.05) is 5.32 Å². The van der Waals surface area contributed by atoms with E-state index >= 15 is 0 Å². The number of nitrogens with one attached hydrogen (secondary N) is 1. The number of carboxylic acid groups (broad SMARTS) is 1. The third kappa shape index (κ3) is 2.74. The highest BCUT2D eigenvalue weighted by atomic mass is 16.4. The van der Waals surface area contributed by atoms with Gasteiger partial charge in [-0.3, -0.25) is 0 Å². The number of aromatic carboxylic acids is 1. The second-order valence-electron chi connectivity index (χ2n) is 4.18. The van der Waals surface area contributed by atoms with Crippen molar-refractivity contribution in [2.45, 2.75) is 6.54 Å². The summed E-state index contributed by atoms with van der Waals surface area (Å²) in [5.74, 6) is -1.99. The Morgan fingerprint density at radius 1 is 1.05 bits per heavy atom. The van der Waals surface area contributed by atoms with E-state index in [1.54, 1.807) is 12.1 Å². The van der Waals surface area contributed by atoms with Crippen LogP contribution >= 0.6 is 0 Å². The summed E-state index contributed by atoms with van der Waals surface area (Å²) in [6.07, 6.45) is 0. The predicted octanol–water partition coefficient (Wildman–Crippen LogP) is 2.11. The number of hydrogen-bond donors (Lipinski definition) is 5. The fourth-order valence-electron chi connectivity index (χ4n) is 1.74. The average molecular weight is 275 g/mol. The van der Waals surface area contributed by atoms with Crippen molar-refractivity contribution in [3.63, 3.8) is 0 Å². The van der Waals surface area contributed by atoms with E-state index in [-0.39, 0.29) is 29.4 Å². The van der Waals surface area contributed by atoms with E-state index in [1.807, 2.05) is 0 Å². The Hall–Kier alpha value is -2.89. The first-order valence-corrected chi connectivity index (χ1v) is 5.79. The predicted molar refractivity (Wildman–Crippen MR) is 72.2 cm³/mol. The molecule has 2 aromatic carbocycles. The van der Waals surface area contributed by atoms with Gasteiger partial charge in [-0.1, -0.05) is 12.1 Å². The minimum absolute atomic E-state index is 0.198. The molecule has 104 valence electrons. The Labute approximate surface area is 114 Å². The summed E-state index contributed by atoms with van der Waals surface area (Å²) in [5, 5.41) is 40.2. The van der Waals surface area contributed by atoms with Crippen molar-refractivity contribution in [2.24, 2.45) is 0 Å². The molecule has 0 saturated carbocycles. The van der Waals surface area contributed by atoms with Gasteiger partial charge in [0.1, 0.15) is 11.3 Å². The minimum atomic E-state index is -1.23. The lowest BCUT2D eigenvalue weighted by atomic mass is 10.1. The number of benzene rings is 2. The second-order valence-corrected chi connectivity index (χ2v) is 4.18. The SMILES string of the molecule is O=C(O)c1cc(NCc2cccc(O)c2O)ccc1O. The molecule has 0 atom stereocenters. The second kappa shape index (κ2) is 5.40. The quantitative estimate of drug-likeness (QED) is 0.432.